The summed E-state index contributed by atoms with van der Waals surface area (Å²) in [6.07, 6.45) is 3.23. The minimum atomic E-state index is -0.337. The molecule has 1 saturated heterocycles. The minimum Gasteiger partial charge on any atom is -0.467 e. The smallest absolute Gasteiger partial charge is 0.316 e. The molecule has 2 N–H and O–H groups in total. The molecule has 2 atom stereocenters. The van der Waals surface area contributed by atoms with Gasteiger partial charge in [-0.2, -0.15) is 4.98 Å². The molecule has 1 fully saturated rings. The van der Waals surface area contributed by atoms with Crippen LogP contribution in [-0.4, -0.2) is 62.9 Å². The summed E-state index contributed by atoms with van der Waals surface area (Å²) >= 11 is 0. The van der Waals surface area contributed by atoms with Crippen LogP contribution in [0.2, 0.25) is 0 Å². The van der Waals surface area contributed by atoms with Gasteiger partial charge in [-0.15, -0.1) is 5.10 Å². The third kappa shape index (κ3) is 3.83. The number of amides is 1. The number of rotatable bonds is 4. The Morgan fingerprint density at radius 1 is 1.24 bits per heavy atom. The summed E-state index contributed by atoms with van der Waals surface area (Å²) < 4.78 is 6.72. The van der Waals surface area contributed by atoms with Gasteiger partial charge < -0.3 is 15.0 Å². The normalized spacial score (nSPS) is 19.4. The number of hydrogen-bond acceptors (Lipinski definition) is 8. The van der Waals surface area contributed by atoms with Gasteiger partial charge >= 0.3 is 6.01 Å². The van der Waals surface area contributed by atoms with E-state index < -0.39 is 0 Å². The summed E-state index contributed by atoms with van der Waals surface area (Å²) in [6, 6.07) is 4.64. The molecule has 4 rings (SSSR count). The van der Waals surface area contributed by atoms with Crippen LogP contribution in [0.15, 0.2) is 24.7 Å². The Morgan fingerprint density at radius 2 is 2.00 bits per heavy atom. The molecule has 3 heterocycles. The number of piperazine rings is 1. The minimum absolute atomic E-state index is 0.210. The zero-order chi connectivity index (χ0) is 20.5. The van der Waals surface area contributed by atoms with Gasteiger partial charge in [-0.25, -0.2) is 9.97 Å². The lowest BCUT2D eigenvalue weighted by atomic mass is 10.0. The number of carbonyl (C=O) groups excluding carboxylic acids is 1. The molecule has 1 aliphatic heterocycles. The van der Waals surface area contributed by atoms with E-state index in [2.05, 4.69) is 49.4 Å². The van der Waals surface area contributed by atoms with Gasteiger partial charge in [0.1, 0.15) is 6.33 Å². The van der Waals surface area contributed by atoms with Crippen LogP contribution < -0.4 is 20.3 Å². The largest absolute Gasteiger partial charge is 0.467 e. The Hall–Kier alpha value is -3.27. The number of anilines is 2. The Labute approximate surface area is 168 Å². The van der Waals surface area contributed by atoms with Gasteiger partial charge in [-0.1, -0.05) is 0 Å². The second-order valence-electron chi connectivity index (χ2n) is 7.32. The van der Waals surface area contributed by atoms with E-state index in [9.17, 15) is 4.79 Å². The molecule has 152 valence electrons. The van der Waals surface area contributed by atoms with E-state index in [4.69, 9.17) is 4.74 Å². The molecule has 0 aliphatic carbocycles. The fourth-order valence-corrected chi connectivity index (χ4v) is 3.74. The van der Waals surface area contributed by atoms with Gasteiger partial charge in [0, 0.05) is 49.5 Å². The standard InChI is InChI=1S/C19H24N8O2/c1-11-8-27(9-12(2)22-11)15-6-5-13(16-14(15)7-20-19(23-16)29-4)17(28)24-18-21-10-26(3)25-18/h5-7,10-12,22H,8-9H2,1-4H3,(H,24,25,28)/t11-,12-/m1/s1. The van der Waals surface area contributed by atoms with Crippen LogP contribution in [0.25, 0.3) is 10.9 Å². The van der Waals surface area contributed by atoms with E-state index in [0.29, 0.717) is 23.2 Å². The summed E-state index contributed by atoms with van der Waals surface area (Å²) in [5.74, 6) is -0.101. The van der Waals surface area contributed by atoms with Crippen molar-refractivity contribution < 1.29 is 9.53 Å². The number of ether oxygens (including phenoxy) is 1. The Bertz CT molecular complexity index is 1040. The van der Waals surface area contributed by atoms with Gasteiger partial charge in [0.25, 0.3) is 5.91 Å². The third-order valence-electron chi connectivity index (χ3n) is 4.86. The Balaban J connectivity index is 1.76. The number of aromatic nitrogens is 5. The molecular weight excluding hydrogens is 372 g/mol. The van der Waals surface area contributed by atoms with Gasteiger partial charge in [0.15, 0.2) is 0 Å². The molecule has 1 amide bonds. The van der Waals surface area contributed by atoms with Gasteiger partial charge in [0.05, 0.1) is 18.2 Å². The van der Waals surface area contributed by atoms with Gasteiger partial charge in [-0.3, -0.25) is 14.8 Å². The Morgan fingerprint density at radius 3 is 2.66 bits per heavy atom. The lowest BCUT2D eigenvalue weighted by Gasteiger charge is -2.38. The molecule has 0 unspecified atom stereocenters. The maximum absolute atomic E-state index is 12.9. The highest BCUT2D eigenvalue weighted by atomic mass is 16.5. The highest BCUT2D eigenvalue weighted by Crippen LogP contribution is 2.30. The number of nitrogens with zero attached hydrogens (tertiary/aromatic N) is 6. The molecule has 1 aromatic carbocycles. The quantitative estimate of drug-likeness (QED) is 0.677. The fourth-order valence-electron chi connectivity index (χ4n) is 3.74. The van der Waals surface area contributed by atoms with E-state index >= 15 is 0 Å². The zero-order valence-electron chi connectivity index (χ0n) is 16.9. The van der Waals surface area contributed by atoms with Crippen LogP contribution in [0, 0.1) is 0 Å². The SMILES string of the molecule is COc1ncc2c(N3C[C@@H](C)N[C@H](C)C3)ccc(C(=O)Nc3ncn(C)n3)c2n1. The van der Waals surface area contributed by atoms with Gasteiger partial charge in [-0.05, 0) is 26.0 Å². The van der Waals surface area contributed by atoms with E-state index in [0.717, 1.165) is 24.2 Å². The van der Waals surface area contributed by atoms with Crippen molar-refractivity contribution in [3.63, 3.8) is 0 Å². The first-order chi connectivity index (χ1) is 13.9. The molecule has 10 nitrogen and oxygen atoms in total. The lowest BCUT2D eigenvalue weighted by Crippen LogP contribution is -2.54. The van der Waals surface area contributed by atoms with Crippen LogP contribution in [0.3, 0.4) is 0 Å². The summed E-state index contributed by atoms with van der Waals surface area (Å²) in [4.78, 5) is 28.0. The van der Waals surface area contributed by atoms with Crippen LogP contribution in [0.4, 0.5) is 11.6 Å². The number of methoxy groups -OCH3 is 1. The van der Waals surface area contributed by atoms with Crippen molar-refractivity contribution in [2.24, 2.45) is 7.05 Å². The van der Waals surface area contributed by atoms with E-state index in [-0.39, 0.29) is 17.9 Å². The van der Waals surface area contributed by atoms with Crippen molar-refractivity contribution in [3.8, 4) is 6.01 Å². The van der Waals surface area contributed by atoms with Gasteiger partial charge in [0.2, 0.25) is 5.95 Å². The van der Waals surface area contributed by atoms with Crippen LogP contribution >= 0.6 is 0 Å². The maximum atomic E-state index is 12.9. The molecule has 0 bridgehead atoms. The molecule has 2 aromatic heterocycles. The second kappa shape index (κ2) is 7.63. The second-order valence-corrected chi connectivity index (χ2v) is 7.32. The van der Waals surface area contributed by atoms with Crippen molar-refractivity contribution in [1.29, 1.82) is 0 Å². The number of nitrogens with one attached hydrogen (secondary N) is 2. The molecule has 0 radical (unpaired) electrons. The zero-order valence-corrected chi connectivity index (χ0v) is 16.9. The van der Waals surface area contributed by atoms with E-state index in [1.54, 1.807) is 19.3 Å². The first-order valence-electron chi connectivity index (χ1n) is 9.46. The van der Waals surface area contributed by atoms with Crippen molar-refractivity contribution in [1.82, 2.24) is 30.0 Å². The third-order valence-corrected chi connectivity index (χ3v) is 4.86. The summed E-state index contributed by atoms with van der Waals surface area (Å²) in [5.41, 5.74) is 1.94. The predicted octanol–water partition coefficient (Wildman–Crippen LogP) is 1.21. The Kier molecular flexibility index (Phi) is 5.01. The van der Waals surface area contributed by atoms with Crippen LogP contribution in [0.5, 0.6) is 6.01 Å². The first-order valence-corrected chi connectivity index (χ1v) is 9.46. The highest BCUT2D eigenvalue weighted by molar-refractivity contribution is 6.13. The molecular formula is C19H24N8O2. The molecule has 29 heavy (non-hydrogen) atoms. The topological polar surface area (TPSA) is 110 Å². The van der Waals surface area contributed by atoms with Crippen molar-refractivity contribution in [3.05, 3.63) is 30.2 Å². The number of fused-ring (bicyclic) bond motifs is 1. The monoisotopic (exact) mass is 396 g/mol. The number of benzene rings is 1. The summed E-state index contributed by atoms with van der Waals surface area (Å²) in [7, 11) is 3.24. The summed E-state index contributed by atoms with van der Waals surface area (Å²) in [6.45, 7) is 6.03. The average Bonchev–Trinajstić information content (AvgIpc) is 3.10. The van der Waals surface area contributed by atoms with Crippen molar-refractivity contribution >= 4 is 28.4 Å². The van der Waals surface area contributed by atoms with Crippen molar-refractivity contribution in [2.75, 3.05) is 30.4 Å². The first kappa shape index (κ1) is 19.1. The van der Waals surface area contributed by atoms with E-state index in [1.807, 2.05) is 6.07 Å². The average molecular weight is 396 g/mol. The predicted molar refractivity (Wildman–Crippen MR) is 109 cm³/mol. The molecule has 3 aromatic rings. The molecule has 1 aliphatic rings. The van der Waals surface area contributed by atoms with Crippen LogP contribution in [0.1, 0.15) is 24.2 Å². The number of hydrogen-bond donors (Lipinski definition) is 2. The maximum Gasteiger partial charge on any atom is 0.316 e. The number of carbonyl (C=O) groups is 1. The number of aryl methyl sites for hydroxylation is 1. The molecule has 0 spiro atoms. The highest BCUT2D eigenvalue weighted by Gasteiger charge is 2.24. The van der Waals surface area contributed by atoms with E-state index in [1.165, 1.54) is 18.1 Å². The molecule has 0 saturated carbocycles. The molecule has 10 heteroatoms. The fraction of sp³-hybridized carbons (Fsp3) is 0.421. The van der Waals surface area contributed by atoms with Crippen molar-refractivity contribution in [2.45, 2.75) is 25.9 Å². The van der Waals surface area contributed by atoms with Crippen LogP contribution in [-0.2, 0) is 7.05 Å². The lowest BCUT2D eigenvalue weighted by molar-refractivity contribution is 0.102. The summed E-state index contributed by atoms with van der Waals surface area (Å²) in [5, 5.41) is 11.1.